The molecule has 1 aromatic carbocycles. The minimum absolute atomic E-state index is 0.0201. The van der Waals surface area contributed by atoms with Gasteiger partial charge in [0.15, 0.2) is 0 Å². The summed E-state index contributed by atoms with van der Waals surface area (Å²) < 4.78 is 37.2. The monoisotopic (exact) mass is 293 g/mol. The first-order chi connectivity index (χ1) is 8.80. The Balaban J connectivity index is 2.22. The van der Waals surface area contributed by atoms with E-state index in [1.54, 1.807) is 6.07 Å². The summed E-state index contributed by atoms with van der Waals surface area (Å²) in [6.45, 7) is -0.105. The number of benzene rings is 1. The molecule has 104 valence electrons. The smallest absolute Gasteiger partial charge is 0.450 e. The van der Waals surface area contributed by atoms with Crippen LogP contribution in [-0.2, 0) is 11.2 Å². The van der Waals surface area contributed by atoms with Crippen molar-refractivity contribution < 1.29 is 23.1 Å². The molecule has 0 saturated carbocycles. The maximum Gasteiger partial charge on any atom is 0.450 e. The lowest BCUT2D eigenvalue weighted by molar-refractivity contribution is -0.175. The average molecular weight is 294 g/mol. The number of carbonyl (C=O) groups is 1. The molecular formula is C12H11ClF3NO2. The number of ketones is 1. The Bertz CT molecular complexity index is 516. The Morgan fingerprint density at radius 1 is 1.42 bits per heavy atom. The number of aromatic hydroxyl groups is 1. The molecule has 2 N–H and O–H groups in total. The number of carbonyl (C=O) groups excluding carboxylic acids is 1. The van der Waals surface area contributed by atoms with Crippen LogP contribution in [0.25, 0.3) is 0 Å². The molecule has 1 aliphatic heterocycles. The molecule has 1 unspecified atom stereocenters. The van der Waals surface area contributed by atoms with Crippen molar-refractivity contribution in [2.24, 2.45) is 5.92 Å². The van der Waals surface area contributed by atoms with Crippen molar-refractivity contribution in [3.63, 3.8) is 0 Å². The van der Waals surface area contributed by atoms with Gasteiger partial charge in [-0.1, -0.05) is 11.6 Å². The standard InChI is InChI=1S/C12H11ClF3NO2/c13-8-3-4-9-7(10(8)18)2-1-6(5-17-9)11(19)12(14,15)16/h3-4,6,17-18H,1-2,5H2. The van der Waals surface area contributed by atoms with Gasteiger partial charge in [-0.05, 0) is 25.0 Å². The van der Waals surface area contributed by atoms with Gasteiger partial charge in [-0.25, -0.2) is 0 Å². The van der Waals surface area contributed by atoms with E-state index in [2.05, 4.69) is 5.32 Å². The fraction of sp³-hybridized carbons (Fsp3) is 0.417. The van der Waals surface area contributed by atoms with Gasteiger partial charge >= 0.3 is 6.18 Å². The second kappa shape index (κ2) is 4.92. The number of nitrogens with one attached hydrogen (secondary N) is 1. The van der Waals surface area contributed by atoms with Crippen molar-refractivity contribution in [3.05, 3.63) is 22.7 Å². The van der Waals surface area contributed by atoms with E-state index in [1.165, 1.54) is 6.07 Å². The lowest BCUT2D eigenvalue weighted by Crippen LogP contribution is -2.34. The number of anilines is 1. The van der Waals surface area contributed by atoms with E-state index >= 15 is 0 Å². The quantitative estimate of drug-likeness (QED) is 0.836. The third kappa shape index (κ3) is 2.78. The number of phenols is 1. The van der Waals surface area contributed by atoms with Crippen molar-refractivity contribution in [1.29, 1.82) is 0 Å². The van der Waals surface area contributed by atoms with Crippen molar-refractivity contribution in [3.8, 4) is 5.75 Å². The number of halogens is 4. The molecule has 2 rings (SSSR count). The Morgan fingerprint density at radius 2 is 2.11 bits per heavy atom. The van der Waals surface area contributed by atoms with Crippen LogP contribution in [0.15, 0.2) is 12.1 Å². The van der Waals surface area contributed by atoms with Gasteiger partial charge in [0.2, 0.25) is 5.78 Å². The van der Waals surface area contributed by atoms with Crippen molar-refractivity contribution in [1.82, 2.24) is 0 Å². The van der Waals surface area contributed by atoms with E-state index < -0.39 is 17.9 Å². The van der Waals surface area contributed by atoms with Crippen LogP contribution < -0.4 is 5.32 Å². The summed E-state index contributed by atoms with van der Waals surface area (Å²) in [5, 5.41) is 12.7. The van der Waals surface area contributed by atoms with E-state index in [0.29, 0.717) is 11.3 Å². The summed E-state index contributed by atoms with van der Waals surface area (Å²) in [5.74, 6) is -3.03. The van der Waals surface area contributed by atoms with Crippen LogP contribution in [-0.4, -0.2) is 23.6 Å². The number of alkyl halides is 3. The SMILES string of the molecule is O=C(C1CCc2c(ccc(Cl)c2O)NC1)C(F)(F)F. The van der Waals surface area contributed by atoms with Crippen molar-refractivity contribution in [2.75, 3.05) is 11.9 Å². The zero-order valence-corrected chi connectivity index (χ0v) is 10.5. The van der Waals surface area contributed by atoms with E-state index in [1.807, 2.05) is 0 Å². The van der Waals surface area contributed by atoms with Crippen LogP contribution >= 0.6 is 11.6 Å². The molecule has 0 radical (unpaired) electrons. The Hall–Kier alpha value is -1.43. The minimum atomic E-state index is -4.83. The van der Waals surface area contributed by atoms with Crippen LogP contribution in [0.5, 0.6) is 5.75 Å². The lowest BCUT2D eigenvalue weighted by Gasteiger charge is -2.15. The molecule has 1 aliphatic rings. The van der Waals surface area contributed by atoms with Gasteiger partial charge in [0, 0.05) is 23.7 Å². The minimum Gasteiger partial charge on any atom is -0.506 e. The zero-order valence-electron chi connectivity index (χ0n) is 9.72. The Morgan fingerprint density at radius 3 is 2.74 bits per heavy atom. The summed E-state index contributed by atoms with van der Waals surface area (Å²) in [5.41, 5.74) is 0.962. The number of rotatable bonds is 1. The highest BCUT2D eigenvalue weighted by molar-refractivity contribution is 6.32. The number of hydrogen-bond donors (Lipinski definition) is 2. The first-order valence-electron chi connectivity index (χ1n) is 5.66. The summed E-state index contributed by atoms with van der Waals surface area (Å²) in [6, 6.07) is 3.03. The molecule has 3 nitrogen and oxygen atoms in total. The maximum absolute atomic E-state index is 12.4. The van der Waals surface area contributed by atoms with Crippen molar-refractivity contribution in [2.45, 2.75) is 19.0 Å². The van der Waals surface area contributed by atoms with Gasteiger partial charge in [-0.15, -0.1) is 0 Å². The van der Waals surface area contributed by atoms with Gasteiger partial charge in [0.1, 0.15) is 5.75 Å². The van der Waals surface area contributed by atoms with E-state index in [9.17, 15) is 23.1 Å². The van der Waals surface area contributed by atoms with Crippen LogP contribution in [0.4, 0.5) is 18.9 Å². The fourth-order valence-electron chi connectivity index (χ4n) is 2.14. The van der Waals surface area contributed by atoms with E-state index in [-0.39, 0.29) is 30.2 Å². The summed E-state index contributed by atoms with van der Waals surface area (Å²) >= 11 is 5.75. The molecule has 0 fully saturated rings. The Kier molecular flexibility index (Phi) is 3.62. The number of phenolic OH excluding ortho intramolecular Hbond substituents is 1. The van der Waals surface area contributed by atoms with Gasteiger partial charge in [-0.3, -0.25) is 4.79 Å². The lowest BCUT2D eigenvalue weighted by atomic mass is 9.96. The van der Waals surface area contributed by atoms with Gasteiger partial charge in [0.05, 0.1) is 5.02 Å². The molecule has 0 amide bonds. The molecule has 0 saturated heterocycles. The second-order valence-corrected chi connectivity index (χ2v) is 4.81. The molecule has 1 heterocycles. The third-order valence-corrected chi connectivity index (χ3v) is 3.47. The van der Waals surface area contributed by atoms with Gasteiger partial charge in [-0.2, -0.15) is 13.2 Å². The predicted octanol–water partition coefficient (Wildman–Crippen LogP) is 3.15. The van der Waals surface area contributed by atoms with E-state index in [0.717, 1.165) is 0 Å². The summed E-state index contributed by atoms with van der Waals surface area (Å²) in [7, 11) is 0. The van der Waals surface area contributed by atoms with E-state index in [4.69, 9.17) is 11.6 Å². The molecule has 7 heteroatoms. The first-order valence-corrected chi connectivity index (χ1v) is 6.03. The molecular weight excluding hydrogens is 283 g/mol. The first kappa shape index (κ1) is 14.0. The molecule has 0 aliphatic carbocycles. The number of fused-ring (bicyclic) bond motifs is 1. The fourth-order valence-corrected chi connectivity index (χ4v) is 2.31. The zero-order chi connectivity index (χ0) is 14.2. The molecule has 1 aromatic rings. The predicted molar refractivity (Wildman–Crippen MR) is 64.5 cm³/mol. The van der Waals surface area contributed by atoms with Crippen LogP contribution in [0.3, 0.4) is 0 Å². The molecule has 0 aromatic heterocycles. The molecule has 1 atom stereocenters. The van der Waals surface area contributed by atoms with Crippen LogP contribution in [0, 0.1) is 5.92 Å². The average Bonchev–Trinajstić information content (AvgIpc) is 2.54. The summed E-state index contributed by atoms with van der Waals surface area (Å²) in [6.07, 6.45) is -4.64. The molecule has 0 spiro atoms. The van der Waals surface area contributed by atoms with Gasteiger partial charge < -0.3 is 10.4 Å². The van der Waals surface area contributed by atoms with Crippen LogP contribution in [0.2, 0.25) is 5.02 Å². The number of Topliss-reactive ketones (excluding diaryl/α,β-unsaturated/α-hetero) is 1. The second-order valence-electron chi connectivity index (χ2n) is 4.40. The summed E-state index contributed by atoms with van der Waals surface area (Å²) in [4.78, 5) is 11.2. The highest BCUT2D eigenvalue weighted by atomic mass is 35.5. The molecule has 0 bridgehead atoms. The highest BCUT2D eigenvalue weighted by Gasteiger charge is 2.43. The van der Waals surface area contributed by atoms with Crippen LogP contribution in [0.1, 0.15) is 12.0 Å². The van der Waals surface area contributed by atoms with Gasteiger partial charge in [0.25, 0.3) is 0 Å². The number of hydrogen-bond acceptors (Lipinski definition) is 3. The third-order valence-electron chi connectivity index (χ3n) is 3.17. The maximum atomic E-state index is 12.4. The molecule has 19 heavy (non-hydrogen) atoms. The van der Waals surface area contributed by atoms with Crippen molar-refractivity contribution >= 4 is 23.1 Å². The normalized spacial score (nSPS) is 19.3. The highest BCUT2D eigenvalue weighted by Crippen LogP contribution is 2.37. The largest absolute Gasteiger partial charge is 0.506 e. The Labute approximate surface area is 112 Å². The topological polar surface area (TPSA) is 49.3 Å².